The molecule has 4 heteroatoms. The zero-order chi connectivity index (χ0) is 11.2. The first-order valence-electron chi connectivity index (χ1n) is 6.86. The third-order valence-electron chi connectivity index (χ3n) is 4.87. The Balaban J connectivity index is 1.63. The summed E-state index contributed by atoms with van der Waals surface area (Å²) in [6.07, 6.45) is 6.92. The normalized spacial score (nSPS) is 37.1. The van der Waals surface area contributed by atoms with Crippen LogP contribution < -0.4 is 5.32 Å². The van der Waals surface area contributed by atoms with Crippen molar-refractivity contribution < 1.29 is 0 Å². The van der Waals surface area contributed by atoms with Gasteiger partial charge in [0, 0.05) is 37.4 Å². The van der Waals surface area contributed by atoms with Gasteiger partial charge in [0.15, 0.2) is 0 Å². The number of imidazole rings is 1. The molecule has 1 unspecified atom stereocenters. The molecule has 0 amide bonds. The van der Waals surface area contributed by atoms with Gasteiger partial charge in [-0.15, -0.1) is 0 Å². The first kappa shape index (κ1) is 10.1. The highest BCUT2D eigenvalue weighted by atomic mass is 15.2. The molecular formula is C13H20N4. The van der Waals surface area contributed by atoms with E-state index in [1.54, 1.807) is 0 Å². The van der Waals surface area contributed by atoms with Crippen LogP contribution in [0.25, 0.3) is 0 Å². The van der Waals surface area contributed by atoms with Crippen LogP contribution in [0.4, 0.5) is 0 Å². The fourth-order valence-electron chi connectivity index (χ4n) is 3.65. The van der Waals surface area contributed by atoms with E-state index in [4.69, 9.17) is 0 Å². The monoisotopic (exact) mass is 232 g/mol. The zero-order valence-corrected chi connectivity index (χ0v) is 10.2. The summed E-state index contributed by atoms with van der Waals surface area (Å²) in [4.78, 5) is 7.02. The van der Waals surface area contributed by atoms with Crippen molar-refractivity contribution in [3.8, 4) is 0 Å². The van der Waals surface area contributed by atoms with Gasteiger partial charge in [-0.3, -0.25) is 0 Å². The lowest BCUT2D eigenvalue weighted by Gasteiger charge is -2.46. The number of aromatic nitrogens is 2. The fraction of sp³-hybridized carbons (Fsp3) is 0.769. The van der Waals surface area contributed by atoms with Crippen LogP contribution in [0, 0.1) is 5.92 Å². The minimum Gasteiger partial charge on any atom is -0.330 e. The number of nitrogens with one attached hydrogen (secondary N) is 1. The van der Waals surface area contributed by atoms with E-state index in [0.717, 1.165) is 19.0 Å². The maximum atomic E-state index is 4.40. The van der Waals surface area contributed by atoms with Gasteiger partial charge in [-0.2, -0.15) is 0 Å². The molecule has 0 spiro atoms. The van der Waals surface area contributed by atoms with Gasteiger partial charge >= 0.3 is 0 Å². The summed E-state index contributed by atoms with van der Waals surface area (Å²) in [6, 6.07) is 0.690. The van der Waals surface area contributed by atoms with Crippen molar-refractivity contribution >= 4 is 0 Å². The van der Waals surface area contributed by atoms with E-state index < -0.39 is 0 Å². The Morgan fingerprint density at radius 2 is 2.06 bits per heavy atom. The van der Waals surface area contributed by atoms with Crippen LogP contribution in [0.3, 0.4) is 0 Å². The molecule has 5 heterocycles. The lowest BCUT2D eigenvalue weighted by molar-refractivity contribution is 0.0549. The molecule has 0 aromatic carbocycles. The van der Waals surface area contributed by atoms with E-state index in [2.05, 4.69) is 32.3 Å². The average Bonchev–Trinajstić information content (AvgIpc) is 2.77. The van der Waals surface area contributed by atoms with Crippen LogP contribution in [0.5, 0.6) is 0 Å². The van der Waals surface area contributed by atoms with Gasteiger partial charge in [0.05, 0.1) is 12.4 Å². The molecule has 1 aromatic rings. The van der Waals surface area contributed by atoms with Crippen LogP contribution in [-0.2, 0) is 0 Å². The van der Waals surface area contributed by atoms with Gasteiger partial charge in [-0.25, -0.2) is 4.98 Å². The molecule has 0 radical (unpaired) electrons. The second-order valence-electron chi connectivity index (χ2n) is 5.79. The number of hydrogen-bond donors (Lipinski definition) is 1. The predicted molar refractivity (Wildman–Crippen MR) is 66.0 cm³/mol. The highest BCUT2D eigenvalue weighted by Gasteiger charge is 2.36. The number of hydrogen-bond acceptors (Lipinski definition) is 3. The molecule has 2 bridgehead atoms. The summed E-state index contributed by atoms with van der Waals surface area (Å²) >= 11 is 0. The molecule has 4 saturated heterocycles. The average molecular weight is 232 g/mol. The van der Waals surface area contributed by atoms with Crippen molar-refractivity contribution in [1.82, 2.24) is 19.8 Å². The van der Waals surface area contributed by atoms with Crippen LogP contribution in [-0.4, -0.2) is 47.2 Å². The topological polar surface area (TPSA) is 33.1 Å². The highest BCUT2D eigenvalue weighted by Crippen LogP contribution is 2.37. The summed E-state index contributed by atoms with van der Waals surface area (Å²) in [5.74, 6) is 1.59. The predicted octanol–water partition coefficient (Wildman–Crippen LogP) is 0.837. The van der Waals surface area contributed by atoms with Gasteiger partial charge in [-0.1, -0.05) is 0 Å². The molecule has 1 N–H and O–H groups in total. The molecule has 92 valence electrons. The SMILES string of the molecule is c1ncn(C2CN3CCC2CC3)c1C1CNC1. The quantitative estimate of drug-likeness (QED) is 0.820. The van der Waals surface area contributed by atoms with Crippen LogP contribution in [0.15, 0.2) is 12.5 Å². The maximum Gasteiger partial charge on any atom is 0.0951 e. The Morgan fingerprint density at radius 3 is 2.65 bits per heavy atom. The largest absolute Gasteiger partial charge is 0.330 e. The van der Waals surface area contributed by atoms with E-state index in [-0.39, 0.29) is 0 Å². The van der Waals surface area contributed by atoms with Crippen molar-refractivity contribution in [2.24, 2.45) is 5.92 Å². The Morgan fingerprint density at radius 1 is 1.24 bits per heavy atom. The van der Waals surface area contributed by atoms with Crippen LogP contribution in [0.1, 0.15) is 30.5 Å². The van der Waals surface area contributed by atoms with Crippen molar-refractivity contribution in [3.63, 3.8) is 0 Å². The van der Waals surface area contributed by atoms with Crippen molar-refractivity contribution in [1.29, 1.82) is 0 Å². The minimum atomic E-state index is 0.690. The Kier molecular flexibility index (Phi) is 2.27. The Bertz CT molecular complexity index is 401. The molecule has 1 atom stereocenters. The molecule has 17 heavy (non-hydrogen) atoms. The molecule has 4 fully saturated rings. The van der Waals surface area contributed by atoms with Crippen molar-refractivity contribution in [2.45, 2.75) is 24.8 Å². The molecule has 4 aliphatic rings. The minimum absolute atomic E-state index is 0.690. The number of nitrogens with zero attached hydrogens (tertiary/aromatic N) is 3. The summed E-state index contributed by atoms with van der Waals surface area (Å²) in [5, 5.41) is 3.36. The number of piperidine rings is 3. The second kappa shape index (κ2) is 3.82. The van der Waals surface area contributed by atoms with E-state index in [1.165, 1.54) is 38.2 Å². The van der Waals surface area contributed by atoms with Gasteiger partial charge in [0.25, 0.3) is 0 Å². The van der Waals surface area contributed by atoms with Gasteiger partial charge in [0.1, 0.15) is 0 Å². The van der Waals surface area contributed by atoms with Gasteiger partial charge < -0.3 is 14.8 Å². The summed E-state index contributed by atoms with van der Waals surface area (Å²) in [5.41, 5.74) is 1.46. The van der Waals surface area contributed by atoms with E-state index in [9.17, 15) is 0 Å². The fourth-order valence-corrected chi connectivity index (χ4v) is 3.65. The van der Waals surface area contributed by atoms with Gasteiger partial charge in [-0.05, 0) is 31.8 Å². The first-order chi connectivity index (χ1) is 8.42. The maximum absolute atomic E-state index is 4.40. The molecule has 4 aliphatic heterocycles. The third-order valence-corrected chi connectivity index (χ3v) is 4.87. The molecule has 5 rings (SSSR count). The first-order valence-corrected chi connectivity index (χ1v) is 6.86. The second-order valence-corrected chi connectivity index (χ2v) is 5.79. The molecule has 1 aromatic heterocycles. The van der Waals surface area contributed by atoms with E-state index in [0.29, 0.717) is 12.0 Å². The molecular weight excluding hydrogens is 212 g/mol. The van der Waals surface area contributed by atoms with Crippen LogP contribution >= 0.6 is 0 Å². The Hall–Kier alpha value is -0.870. The summed E-state index contributed by atoms with van der Waals surface area (Å²) in [6.45, 7) is 6.14. The molecule has 0 aliphatic carbocycles. The lowest BCUT2D eigenvalue weighted by Crippen LogP contribution is -2.49. The van der Waals surface area contributed by atoms with Gasteiger partial charge in [0.2, 0.25) is 0 Å². The zero-order valence-electron chi connectivity index (χ0n) is 10.2. The standard InChI is InChI=1S/C13H20N4/c1-3-16-4-2-10(1)13(8-16)17-9-15-7-12(17)11-5-14-6-11/h7,9-11,13-14H,1-6,8H2. The summed E-state index contributed by atoms with van der Waals surface area (Å²) in [7, 11) is 0. The molecule has 0 saturated carbocycles. The van der Waals surface area contributed by atoms with E-state index >= 15 is 0 Å². The highest BCUT2D eigenvalue weighted by molar-refractivity contribution is 5.14. The van der Waals surface area contributed by atoms with Crippen molar-refractivity contribution in [2.75, 3.05) is 32.7 Å². The third kappa shape index (κ3) is 1.54. The lowest BCUT2D eigenvalue weighted by atomic mass is 9.83. The Labute approximate surface area is 102 Å². The number of fused-ring (bicyclic) bond motifs is 3. The number of rotatable bonds is 2. The molecule has 4 nitrogen and oxygen atoms in total. The van der Waals surface area contributed by atoms with Crippen LogP contribution in [0.2, 0.25) is 0 Å². The van der Waals surface area contributed by atoms with Crippen molar-refractivity contribution in [3.05, 3.63) is 18.2 Å². The van der Waals surface area contributed by atoms with E-state index in [1.807, 2.05) is 0 Å². The summed E-state index contributed by atoms with van der Waals surface area (Å²) < 4.78 is 2.49. The smallest absolute Gasteiger partial charge is 0.0951 e.